The van der Waals surface area contributed by atoms with E-state index in [1.54, 1.807) is 6.20 Å². The van der Waals surface area contributed by atoms with Crippen LogP contribution in [0.2, 0.25) is 0 Å². The first-order valence-electron chi connectivity index (χ1n) is 9.03. The Balaban J connectivity index is 1.58. The second-order valence-corrected chi connectivity index (χ2v) is 6.83. The van der Waals surface area contributed by atoms with Crippen LogP contribution in [-0.4, -0.2) is 40.5 Å². The maximum absolute atomic E-state index is 12.6. The molecule has 7 heteroatoms. The highest BCUT2D eigenvalue weighted by molar-refractivity contribution is 5.87. The zero-order chi connectivity index (χ0) is 18.4. The summed E-state index contributed by atoms with van der Waals surface area (Å²) in [5.74, 6) is 0.462. The van der Waals surface area contributed by atoms with Crippen LogP contribution in [0.15, 0.2) is 52.1 Å². The summed E-state index contributed by atoms with van der Waals surface area (Å²) in [5, 5.41) is 4.78. The Hall–Kier alpha value is -3.19. The number of piperazine rings is 1. The SMILES string of the molecule is Cc1cn2cc(-c3cc4ccc(N5CCNCC5)cc4c(=O)o3)nc2cn1. The molecule has 7 nitrogen and oxygen atoms in total. The highest BCUT2D eigenvalue weighted by Crippen LogP contribution is 2.25. The lowest BCUT2D eigenvalue weighted by atomic mass is 10.1. The molecule has 27 heavy (non-hydrogen) atoms. The summed E-state index contributed by atoms with van der Waals surface area (Å²) < 4.78 is 7.48. The van der Waals surface area contributed by atoms with Crippen molar-refractivity contribution in [3.63, 3.8) is 0 Å². The fraction of sp³-hybridized carbons (Fsp3) is 0.250. The molecule has 4 aromatic rings. The van der Waals surface area contributed by atoms with Crippen LogP contribution >= 0.6 is 0 Å². The Morgan fingerprint density at radius 1 is 1.15 bits per heavy atom. The van der Waals surface area contributed by atoms with Crippen LogP contribution in [0.5, 0.6) is 0 Å². The molecule has 0 saturated carbocycles. The van der Waals surface area contributed by atoms with E-state index in [9.17, 15) is 4.79 Å². The van der Waals surface area contributed by atoms with Crippen molar-refractivity contribution in [1.29, 1.82) is 0 Å². The molecule has 136 valence electrons. The number of rotatable bonds is 2. The summed E-state index contributed by atoms with van der Waals surface area (Å²) in [6.45, 7) is 5.69. The van der Waals surface area contributed by atoms with Gasteiger partial charge in [0.15, 0.2) is 11.4 Å². The number of anilines is 1. The quantitative estimate of drug-likeness (QED) is 0.590. The molecule has 0 spiro atoms. The van der Waals surface area contributed by atoms with Crippen LogP contribution in [0.1, 0.15) is 5.69 Å². The number of imidazole rings is 1. The third-order valence-electron chi connectivity index (χ3n) is 4.95. The fourth-order valence-corrected chi connectivity index (χ4v) is 3.54. The van der Waals surface area contributed by atoms with Gasteiger partial charge in [-0.2, -0.15) is 0 Å². The molecule has 0 radical (unpaired) electrons. The monoisotopic (exact) mass is 361 g/mol. The molecule has 3 aromatic heterocycles. The standard InChI is InChI=1S/C20H19N5O2/c1-13-11-25-12-17(23-19(25)10-22-13)18-8-14-2-3-15(9-16(14)20(26)27-18)24-6-4-21-5-7-24/h2-3,8-12,21H,4-7H2,1H3. The average Bonchev–Trinajstić information content (AvgIpc) is 3.11. The third kappa shape index (κ3) is 2.86. The largest absolute Gasteiger partial charge is 0.421 e. The minimum Gasteiger partial charge on any atom is -0.421 e. The van der Waals surface area contributed by atoms with Gasteiger partial charge in [-0.25, -0.2) is 9.78 Å². The number of hydrogen-bond acceptors (Lipinski definition) is 6. The Bertz CT molecular complexity index is 1200. The molecule has 1 saturated heterocycles. The van der Waals surface area contributed by atoms with Gasteiger partial charge >= 0.3 is 5.63 Å². The van der Waals surface area contributed by atoms with E-state index < -0.39 is 0 Å². The molecule has 1 aliphatic heterocycles. The Labute approximate surface area is 155 Å². The molecular weight excluding hydrogens is 342 g/mol. The first-order valence-corrected chi connectivity index (χ1v) is 9.03. The van der Waals surface area contributed by atoms with Crippen molar-refractivity contribution in [3.8, 4) is 11.5 Å². The van der Waals surface area contributed by atoms with Crippen molar-refractivity contribution >= 4 is 22.1 Å². The van der Waals surface area contributed by atoms with Crippen LogP contribution in [-0.2, 0) is 0 Å². The second-order valence-electron chi connectivity index (χ2n) is 6.83. The summed E-state index contributed by atoms with van der Waals surface area (Å²) in [7, 11) is 0. The first-order chi connectivity index (χ1) is 13.2. The smallest absolute Gasteiger partial charge is 0.344 e. The summed E-state index contributed by atoms with van der Waals surface area (Å²) >= 11 is 0. The molecule has 1 aromatic carbocycles. The summed E-state index contributed by atoms with van der Waals surface area (Å²) in [5.41, 5.74) is 2.94. The molecule has 5 rings (SSSR count). The average molecular weight is 361 g/mol. The van der Waals surface area contributed by atoms with Gasteiger partial charge in [0.1, 0.15) is 5.69 Å². The van der Waals surface area contributed by atoms with Crippen LogP contribution in [0.4, 0.5) is 5.69 Å². The molecule has 0 unspecified atom stereocenters. The highest BCUT2D eigenvalue weighted by atomic mass is 16.4. The number of nitrogens with one attached hydrogen (secondary N) is 1. The second kappa shape index (κ2) is 6.21. The summed E-state index contributed by atoms with van der Waals surface area (Å²) in [6, 6.07) is 7.84. The van der Waals surface area contributed by atoms with Crippen molar-refractivity contribution in [2.75, 3.05) is 31.1 Å². The van der Waals surface area contributed by atoms with Crippen molar-refractivity contribution in [1.82, 2.24) is 19.7 Å². The number of aryl methyl sites for hydroxylation is 1. The van der Waals surface area contributed by atoms with Crippen LogP contribution in [0, 0.1) is 6.92 Å². The van der Waals surface area contributed by atoms with Gasteiger partial charge in [0.25, 0.3) is 0 Å². The van der Waals surface area contributed by atoms with E-state index in [2.05, 4.69) is 26.3 Å². The predicted molar refractivity (Wildman–Crippen MR) is 104 cm³/mol. The third-order valence-corrected chi connectivity index (χ3v) is 4.95. The Morgan fingerprint density at radius 3 is 2.85 bits per heavy atom. The van der Waals surface area contributed by atoms with Gasteiger partial charge in [-0.3, -0.25) is 4.98 Å². The minimum absolute atomic E-state index is 0.342. The van der Waals surface area contributed by atoms with Gasteiger partial charge in [-0.15, -0.1) is 0 Å². The number of aromatic nitrogens is 3. The van der Waals surface area contributed by atoms with Crippen molar-refractivity contribution in [2.24, 2.45) is 0 Å². The number of nitrogens with zero attached hydrogens (tertiary/aromatic N) is 4. The molecule has 0 aliphatic carbocycles. The maximum atomic E-state index is 12.6. The van der Waals surface area contributed by atoms with E-state index >= 15 is 0 Å². The molecule has 0 atom stereocenters. The van der Waals surface area contributed by atoms with E-state index in [1.165, 1.54) is 0 Å². The molecule has 1 aliphatic rings. The van der Waals surface area contributed by atoms with Gasteiger partial charge in [0.05, 0.1) is 17.3 Å². The van der Waals surface area contributed by atoms with Gasteiger partial charge in [-0.05, 0) is 30.5 Å². The predicted octanol–water partition coefficient (Wildman–Crippen LogP) is 2.22. The highest BCUT2D eigenvalue weighted by Gasteiger charge is 2.14. The van der Waals surface area contributed by atoms with E-state index in [-0.39, 0.29) is 5.63 Å². The zero-order valence-electron chi connectivity index (χ0n) is 15.0. The molecule has 0 bridgehead atoms. The lowest BCUT2D eigenvalue weighted by molar-refractivity contribution is 0.533. The molecule has 1 fully saturated rings. The Morgan fingerprint density at radius 2 is 2.00 bits per heavy atom. The molecule has 4 heterocycles. The Kier molecular flexibility index (Phi) is 3.68. The van der Waals surface area contributed by atoms with Crippen LogP contribution in [0.25, 0.3) is 27.9 Å². The topological polar surface area (TPSA) is 75.7 Å². The first kappa shape index (κ1) is 16.0. The summed E-state index contributed by atoms with van der Waals surface area (Å²) in [4.78, 5) is 23.7. The van der Waals surface area contributed by atoms with Crippen LogP contribution < -0.4 is 15.8 Å². The summed E-state index contributed by atoms with van der Waals surface area (Å²) in [6.07, 6.45) is 5.45. The van der Waals surface area contributed by atoms with E-state index in [0.717, 1.165) is 42.9 Å². The zero-order valence-corrected chi connectivity index (χ0v) is 15.0. The molecule has 0 amide bonds. The van der Waals surface area contributed by atoms with Crippen molar-refractivity contribution < 1.29 is 4.42 Å². The number of benzene rings is 1. The van der Waals surface area contributed by atoms with Gasteiger partial charge in [0, 0.05) is 44.3 Å². The number of hydrogen-bond donors (Lipinski definition) is 1. The van der Waals surface area contributed by atoms with E-state index in [0.29, 0.717) is 22.5 Å². The van der Waals surface area contributed by atoms with Gasteiger partial charge in [0.2, 0.25) is 0 Å². The lowest BCUT2D eigenvalue weighted by Gasteiger charge is -2.29. The maximum Gasteiger partial charge on any atom is 0.344 e. The normalized spacial score (nSPS) is 14.9. The molecule has 1 N–H and O–H groups in total. The van der Waals surface area contributed by atoms with E-state index in [4.69, 9.17) is 4.42 Å². The van der Waals surface area contributed by atoms with E-state index in [1.807, 2.05) is 41.9 Å². The van der Waals surface area contributed by atoms with Crippen molar-refractivity contribution in [2.45, 2.75) is 6.92 Å². The van der Waals surface area contributed by atoms with Crippen molar-refractivity contribution in [3.05, 3.63) is 59.0 Å². The van der Waals surface area contributed by atoms with Crippen LogP contribution in [0.3, 0.4) is 0 Å². The fourth-order valence-electron chi connectivity index (χ4n) is 3.54. The number of fused-ring (bicyclic) bond motifs is 2. The minimum atomic E-state index is -0.342. The van der Waals surface area contributed by atoms with Gasteiger partial charge in [-0.1, -0.05) is 6.07 Å². The lowest BCUT2D eigenvalue weighted by Crippen LogP contribution is -2.43. The van der Waals surface area contributed by atoms with Gasteiger partial charge < -0.3 is 19.0 Å². The molecular formula is C20H19N5O2.